The second-order valence-electron chi connectivity index (χ2n) is 4.40. The molecule has 0 radical (unpaired) electrons. The SMILES string of the molecule is CNN1CCCC[C@H](c2cnc(Cl)c(F)c2)C1. The molecule has 0 aliphatic carbocycles. The summed E-state index contributed by atoms with van der Waals surface area (Å²) >= 11 is 5.60. The topological polar surface area (TPSA) is 28.2 Å². The number of hydrogen-bond donors (Lipinski definition) is 1. The van der Waals surface area contributed by atoms with Gasteiger partial charge in [0.05, 0.1) is 0 Å². The summed E-state index contributed by atoms with van der Waals surface area (Å²) in [6, 6.07) is 1.51. The van der Waals surface area contributed by atoms with Crippen molar-refractivity contribution < 1.29 is 4.39 Å². The minimum Gasteiger partial charge on any atom is -0.258 e. The molecular formula is C12H17ClFN3. The van der Waals surface area contributed by atoms with Crippen LogP contribution in [-0.4, -0.2) is 30.1 Å². The normalized spacial score (nSPS) is 22.4. The molecule has 1 saturated heterocycles. The lowest BCUT2D eigenvalue weighted by Crippen LogP contribution is -2.37. The van der Waals surface area contributed by atoms with Gasteiger partial charge < -0.3 is 0 Å². The van der Waals surface area contributed by atoms with E-state index in [1.165, 1.54) is 12.5 Å². The Morgan fingerprint density at radius 2 is 2.35 bits per heavy atom. The molecule has 5 heteroatoms. The van der Waals surface area contributed by atoms with E-state index in [1.807, 2.05) is 7.05 Å². The molecule has 0 saturated carbocycles. The van der Waals surface area contributed by atoms with E-state index in [2.05, 4.69) is 15.4 Å². The van der Waals surface area contributed by atoms with Gasteiger partial charge in [0, 0.05) is 19.3 Å². The lowest BCUT2D eigenvalue weighted by molar-refractivity contribution is 0.207. The number of nitrogens with one attached hydrogen (secondary N) is 1. The van der Waals surface area contributed by atoms with Gasteiger partial charge in [0.25, 0.3) is 0 Å². The van der Waals surface area contributed by atoms with Crippen LogP contribution in [0.4, 0.5) is 4.39 Å². The first-order chi connectivity index (χ1) is 8.20. The van der Waals surface area contributed by atoms with Crippen LogP contribution in [0.2, 0.25) is 5.15 Å². The van der Waals surface area contributed by atoms with Crippen LogP contribution in [0.5, 0.6) is 0 Å². The first-order valence-corrected chi connectivity index (χ1v) is 6.31. The maximum atomic E-state index is 13.4. The van der Waals surface area contributed by atoms with Gasteiger partial charge in [-0.05, 0) is 37.4 Å². The monoisotopic (exact) mass is 257 g/mol. The first kappa shape index (κ1) is 12.7. The van der Waals surface area contributed by atoms with Gasteiger partial charge in [0.1, 0.15) is 0 Å². The minimum atomic E-state index is -0.426. The highest BCUT2D eigenvalue weighted by atomic mass is 35.5. The average molecular weight is 258 g/mol. The molecule has 0 unspecified atom stereocenters. The van der Waals surface area contributed by atoms with Gasteiger partial charge in [-0.2, -0.15) is 0 Å². The Balaban J connectivity index is 2.16. The summed E-state index contributed by atoms with van der Waals surface area (Å²) < 4.78 is 13.4. The van der Waals surface area contributed by atoms with Gasteiger partial charge in [-0.1, -0.05) is 18.0 Å². The van der Waals surface area contributed by atoms with Crippen LogP contribution in [0, 0.1) is 5.82 Å². The fourth-order valence-corrected chi connectivity index (χ4v) is 2.38. The average Bonchev–Trinajstić information content (AvgIpc) is 2.58. The van der Waals surface area contributed by atoms with E-state index < -0.39 is 5.82 Å². The third-order valence-electron chi connectivity index (χ3n) is 3.28. The molecule has 0 amide bonds. The van der Waals surface area contributed by atoms with Crippen molar-refractivity contribution in [2.75, 3.05) is 20.1 Å². The molecule has 1 N–H and O–H groups in total. The lowest BCUT2D eigenvalue weighted by atomic mass is 9.96. The van der Waals surface area contributed by atoms with Crippen molar-refractivity contribution in [1.82, 2.24) is 15.4 Å². The molecule has 0 spiro atoms. The smallest absolute Gasteiger partial charge is 0.164 e. The maximum Gasteiger partial charge on any atom is 0.164 e. The van der Waals surface area contributed by atoms with Gasteiger partial charge in [0.2, 0.25) is 0 Å². The van der Waals surface area contributed by atoms with E-state index in [-0.39, 0.29) is 5.15 Å². The third kappa shape index (κ3) is 3.15. The maximum absolute atomic E-state index is 13.4. The highest BCUT2D eigenvalue weighted by Gasteiger charge is 2.20. The van der Waals surface area contributed by atoms with Crippen LogP contribution in [0.1, 0.15) is 30.7 Å². The third-order valence-corrected chi connectivity index (χ3v) is 3.55. The molecular weight excluding hydrogens is 241 g/mol. The predicted octanol–water partition coefficient (Wildman–Crippen LogP) is 2.58. The van der Waals surface area contributed by atoms with Crippen LogP contribution in [0.25, 0.3) is 0 Å². The Hall–Kier alpha value is -0.710. The minimum absolute atomic E-state index is 0.0483. The molecule has 1 aromatic rings. The van der Waals surface area contributed by atoms with Crippen LogP contribution in [0.15, 0.2) is 12.3 Å². The van der Waals surface area contributed by atoms with Gasteiger partial charge in [-0.15, -0.1) is 0 Å². The molecule has 1 fully saturated rings. The van der Waals surface area contributed by atoms with Crippen molar-refractivity contribution in [3.05, 3.63) is 28.8 Å². The van der Waals surface area contributed by atoms with E-state index in [9.17, 15) is 4.39 Å². The zero-order valence-corrected chi connectivity index (χ0v) is 10.7. The fraction of sp³-hybridized carbons (Fsp3) is 0.583. The Bertz CT molecular complexity index is 386. The number of nitrogens with zero attached hydrogens (tertiary/aromatic N) is 2. The number of aromatic nitrogens is 1. The molecule has 0 aromatic carbocycles. The van der Waals surface area contributed by atoms with Gasteiger partial charge in [-0.3, -0.25) is 5.43 Å². The molecule has 2 rings (SSSR count). The highest BCUT2D eigenvalue weighted by Crippen LogP contribution is 2.27. The summed E-state index contributed by atoms with van der Waals surface area (Å²) in [4.78, 5) is 3.89. The molecule has 1 aliphatic rings. The second kappa shape index (κ2) is 5.76. The quantitative estimate of drug-likeness (QED) is 0.826. The second-order valence-corrected chi connectivity index (χ2v) is 4.76. The van der Waals surface area contributed by atoms with E-state index >= 15 is 0 Å². The van der Waals surface area contributed by atoms with Crippen LogP contribution < -0.4 is 5.43 Å². The van der Waals surface area contributed by atoms with E-state index in [1.54, 1.807) is 6.20 Å². The van der Waals surface area contributed by atoms with E-state index in [0.717, 1.165) is 31.5 Å². The van der Waals surface area contributed by atoms with Crippen molar-refractivity contribution in [2.45, 2.75) is 25.2 Å². The Morgan fingerprint density at radius 1 is 1.53 bits per heavy atom. The zero-order valence-electron chi connectivity index (χ0n) is 9.92. The summed E-state index contributed by atoms with van der Waals surface area (Å²) in [7, 11) is 1.92. The zero-order chi connectivity index (χ0) is 12.3. The van der Waals surface area contributed by atoms with Crippen molar-refractivity contribution in [1.29, 1.82) is 0 Å². The molecule has 1 aliphatic heterocycles. The number of rotatable bonds is 2. The summed E-state index contributed by atoms with van der Waals surface area (Å²) in [5, 5.41) is 2.12. The van der Waals surface area contributed by atoms with Crippen molar-refractivity contribution in [3.8, 4) is 0 Å². The molecule has 94 valence electrons. The summed E-state index contributed by atoms with van der Waals surface area (Å²) in [5.74, 6) is -0.103. The molecule has 2 heterocycles. The molecule has 1 aromatic heterocycles. The van der Waals surface area contributed by atoms with Crippen LogP contribution in [0.3, 0.4) is 0 Å². The summed E-state index contributed by atoms with van der Waals surface area (Å²) in [6.07, 6.45) is 5.09. The Morgan fingerprint density at radius 3 is 3.06 bits per heavy atom. The predicted molar refractivity (Wildman–Crippen MR) is 66.4 cm³/mol. The van der Waals surface area contributed by atoms with Gasteiger partial charge >= 0.3 is 0 Å². The lowest BCUT2D eigenvalue weighted by Gasteiger charge is -2.23. The first-order valence-electron chi connectivity index (χ1n) is 5.94. The standard InChI is InChI=1S/C12H17ClFN3/c1-15-17-5-3-2-4-9(8-17)10-6-11(14)12(13)16-7-10/h6-7,9,15H,2-5,8H2,1H3/t9-/m0/s1. The number of pyridine rings is 1. The number of halogens is 2. The van der Waals surface area contributed by atoms with Gasteiger partial charge in [-0.25, -0.2) is 14.4 Å². The van der Waals surface area contributed by atoms with E-state index in [4.69, 9.17) is 11.6 Å². The van der Waals surface area contributed by atoms with Crippen molar-refractivity contribution >= 4 is 11.6 Å². The Labute approximate surface area is 106 Å². The van der Waals surface area contributed by atoms with Crippen LogP contribution in [-0.2, 0) is 0 Å². The largest absolute Gasteiger partial charge is 0.258 e. The summed E-state index contributed by atoms with van der Waals surface area (Å²) in [6.45, 7) is 1.93. The highest BCUT2D eigenvalue weighted by molar-refractivity contribution is 6.29. The van der Waals surface area contributed by atoms with Crippen molar-refractivity contribution in [3.63, 3.8) is 0 Å². The molecule has 0 bridgehead atoms. The molecule has 1 atom stereocenters. The fourth-order valence-electron chi connectivity index (χ4n) is 2.28. The van der Waals surface area contributed by atoms with E-state index in [0.29, 0.717) is 5.92 Å². The molecule has 17 heavy (non-hydrogen) atoms. The molecule has 3 nitrogen and oxygen atoms in total. The summed E-state index contributed by atoms with van der Waals surface area (Å²) in [5.41, 5.74) is 4.10. The Kier molecular flexibility index (Phi) is 4.31. The number of hydrazine groups is 1. The van der Waals surface area contributed by atoms with Gasteiger partial charge in [0.15, 0.2) is 11.0 Å². The van der Waals surface area contributed by atoms with Crippen LogP contribution >= 0.6 is 11.6 Å². The van der Waals surface area contributed by atoms with Crippen molar-refractivity contribution in [2.24, 2.45) is 0 Å². The number of hydrogen-bond acceptors (Lipinski definition) is 3.